The lowest BCUT2D eigenvalue weighted by atomic mass is 9.93. The third kappa shape index (κ3) is 2.92. The SMILES string of the molecule is CNC(c1cc(Br)ccc1Br)C1OCCC1C. The van der Waals surface area contributed by atoms with Gasteiger partial charge in [-0.2, -0.15) is 0 Å². The maximum atomic E-state index is 5.87. The molecule has 1 aliphatic rings. The van der Waals surface area contributed by atoms with Crippen LogP contribution in [0, 0.1) is 5.92 Å². The van der Waals surface area contributed by atoms with Crippen LogP contribution in [-0.2, 0) is 4.74 Å². The van der Waals surface area contributed by atoms with Crippen LogP contribution in [0.25, 0.3) is 0 Å². The highest BCUT2D eigenvalue weighted by Gasteiger charge is 2.33. The Morgan fingerprint density at radius 2 is 2.18 bits per heavy atom. The van der Waals surface area contributed by atoms with Crippen molar-refractivity contribution in [2.45, 2.75) is 25.5 Å². The van der Waals surface area contributed by atoms with Crippen LogP contribution in [0.3, 0.4) is 0 Å². The van der Waals surface area contributed by atoms with Crippen molar-refractivity contribution in [1.82, 2.24) is 5.32 Å². The van der Waals surface area contributed by atoms with Crippen LogP contribution in [0.4, 0.5) is 0 Å². The summed E-state index contributed by atoms with van der Waals surface area (Å²) in [5.74, 6) is 0.596. The Labute approximate surface area is 119 Å². The summed E-state index contributed by atoms with van der Waals surface area (Å²) in [7, 11) is 1.99. The second-order valence-corrected chi connectivity index (χ2v) is 6.30. The molecule has 0 bridgehead atoms. The summed E-state index contributed by atoms with van der Waals surface area (Å²) in [6, 6.07) is 6.50. The van der Waals surface area contributed by atoms with Crippen LogP contribution < -0.4 is 5.32 Å². The predicted octanol–water partition coefficient (Wildman–Crippen LogP) is 3.90. The highest BCUT2D eigenvalue weighted by Crippen LogP contribution is 2.35. The molecular weight excluding hydrogens is 346 g/mol. The Kier molecular flexibility index (Phi) is 4.64. The van der Waals surface area contributed by atoms with E-state index in [-0.39, 0.29) is 12.1 Å². The Bertz CT molecular complexity index is 397. The smallest absolute Gasteiger partial charge is 0.0796 e. The zero-order valence-corrected chi connectivity index (χ0v) is 13.2. The van der Waals surface area contributed by atoms with Gasteiger partial charge in [-0.1, -0.05) is 38.8 Å². The molecule has 2 rings (SSSR count). The van der Waals surface area contributed by atoms with Gasteiger partial charge in [-0.3, -0.25) is 0 Å². The van der Waals surface area contributed by atoms with Crippen molar-refractivity contribution in [3.8, 4) is 0 Å². The summed E-state index contributed by atoms with van der Waals surface area (Å²) in [4.78, 5) is 0. The van der Waals surface area contributed by atoms with E-state index in [1.54, 1.807) is 0 Å². The van der Waals surface area contributed by atoms with E-state index in [1.165, 1.54) is 5.56 Å². The van der Waals surface area contributed by atoms with Crippen molar-refractivity contribution in [2.24, 2.45) is 5.92 Å². The zero-order valence-electron chi connectivity index (χ0n) is 10.0. The predicted molar refractivity (Wildman–Crippen MR) is 77.2 cm³/mol. The van der Waals surface area contributed by atoms with Gasteiger partial charge >= 0.3 is 0 Å². The van der Waals surface area contributed by atoms with Crippen molar-refractivity contribution in [3.05, 3.63) is 32.7 Å². The van der Waals surface area contributed by atoms with Crippen molar-refractivity contribution >= 4 is 31.9 Å². The molecule has 1 aliphatic heterocycles. The lowest BCUT2D eigenvalue weighted by molar-refractivity contribution is 0.0629. The van der Waals surface area contributed by atoms with Crippen molar-refractivity contribution in [3.63, 3.8) is 0 Å². The number of rotatable bonds is 3. The maximum absolute atomic E-state index is 5.87. The minimum absolute atomic E-state index is 0.236. The summed E-state index contributed by atoms with van der Waals surface area (Å²) in [6.45, 7) is 3.13. The standard InChI is InChI=1S/C13H17Br2NO/c1-8-5-6-17-13(8)12(16-2)10-7-9(14)3-4-11(10)15/h3-4,7-8,12-13,16H,5-6H2,1-2H3. The molecule has 17 heavy (non-hydrogen) atoms. The Morgan fingerprint density at radius 3 is 2.76 bits per heavy atom. The van der Waals surface area contributed by atoms with E-state index < -0.39 is 0 Å². The van der Waals surface area contributed by atoms with Crippen molar-refractivity contribution < 1.29 is 4.74 Å². The van der Waals surface area contributed by atoms with Gasteiger partial charge in [0.25, 0.3) is 0 Å². The van der Waals surface area contributed by atoms with Gasteiger partial charge in [0.2, 0.25) is 0 Å². The van der Waals surface area contributed by atoms with Gasteiger partial charge in [-0.15, -0.1) is 0 Å². The molecule has 0 aromatic heterocycles. The van der Waals surface area contributed by atoms with Crippen LogP contribution in [0.15, 0.2) is 27.1 Å². The number of halogens is 2. The molecule has 1 aromatic rings. The van der Waals surface area contributed by atoms with Gasteiger partial charge in [-0.25, -0.2) is 0 Å². The van der Waals surface area contributed by atoms with Crippen molar-refractivity contribution in [2.75, 3.05) is 13.7 Å². The molecule has 1 aromatic carbocycles. The van der Waals surface area contributed by atoms with Crippen LogP contribution in [0.5, 0.6) is 0 Å². The molecule has 0 radical (unpaired) electrons. The first-order chi connectivity index (χ1) is 8.13. The Balaban J connectivity index is 2.31. The van der Waals surface area contributed by atoms with E-state index in [4.69, 9.17) is 4.74 Å². The number of likely N-dealkylation sites (N-methyl/N-ethyl adjacent to an activating group) is 1. The summed E-state index contributed by atoms with van der Waals surface area (Å²) in [5.41, 5.74) is 1.25. The Hall–Kier alpha value is 0.1000. The summed E-state index contributed by atoms with van der Waals surface area (Å²) < 4.78 is 8.10. The molecule has 1 heterocycles. The molecule has 0 amide bonds. The minimum Gasteiger partial charge on any atom is -0.376 e. The van der Waals surface area contributed by atoms with E-state index >= 15 is 0 Å². The fourth-order valence-electron chi connectivity index (χ4n) is 2.39. The van der Waals surface area contributed by atoms with Crippen molar-refractivity contribution in [1.29, 1.82) is 0 Å². The van der Waals surface area contributed by atoms with Gasteiger partial charge in [0.05, 0.1) is 12.1 Å². The molecule has 0 saturated carbocycles. The average molecular weight is 363 g/mol. The Morgan fingerprint density at radius 1 is 1.41 bits per heavy atom. The highest BCUT2D eigenvalue weighted by molar-refractivity contribution is 9.11. The first-order valence-corrected chi connectivity index (χ1v) is 7.46. The van der Waals surface area contributed by atoms with E-state index in [2.05, 4.69) is 56.2 Å². The number of hydrogen-bond donors (Lipinski definition) is 1. The van der Waals surface area contributed by atoms with Gasteiger partial charge in [0.15, 0.2) is 0 Å². The lowest BCUT2D eigenvalue weighted by Crippen LogP contribution is -2.32. The normalized spacial score (nSPS) is 26.1. The first-order valence-electron chi connectivity index (χ1n) is 5.87. The van der Waals surface area contributed by atoms with E-state index in [1.807, 2.05) is 13.1 Å². The molecule has 1 N–H and O–H groups in total. The fourth-order valence-corrected chi connectivity index (χ4v) is 3.27. The third-order valence-electron chi connectivity index (χ3n) is 3.38. The van der Waals surface area contributed by atoms with Gasteiger partial charge in [-0.05, 0) is 43.1 Å². The van der Waals surface area contributed by atoms with Crippen LogP contribution in [0.2, 0.25) is 0 Å². The summed E-state index contributed by atoms with van der Waals surface area (Å²) in [6.07, 6.45) is 1.40. The number of benzene rings is 1. The molecular formula is C13H17Br2NO. The van der Waals surface area contributed by atoms with E-state index in [9.17, 15) is 0 Å². The lowest BCUT2D eigenvalue weighted by Gasteiger charge is -2.27. The molecule has 2 nitrogen and oxygen atoms in total. The second-order valence-electron chi connectivity index (χ2n) is 4.53. The molecule has 1 fully saturated rings. The van der Waals surface area contributed by atoms with Crippen LogP contribution >= 0.6 is 31.9 Å². The zero-order chi connectivity index (χ0) is 12.4. The molecule has 4 heteroatoms. The third-order valence-corrected chi connectivity index (χ3v) is 4.59. The summed E-state index contributed by atoms with van der Waals surface area (Å²) >= 11 is 7.15. The van der Waals surface area contributed by atoms with Gasteiger partial charge < -0.3 is 10.1 Å². The first kappa shape index (κ1) is 13.5. The molecule has 94 valence electrons. The van der Waals surface area contributed by atoms with E-state index in [0.717, 1.165) is 22.0 Å². The van der Waals surface area contributed by atoms with Crippen LogP contribution in [0.1, 0.15) is 24.9 Å². The summed E-state index contributed by atoms with van der Waals surface area (Å²) in [5, 5.41) is 3.38. The average Bonchev–Trinajstić information content (AvgIpc) is 2.71. The molecule has 1 saturated heterocycles. The second kappa shape index (κ2) is 5.83. The largest absolute Gasteiger partial charge is 0.376 e. The molecule has 0 aliphatic carbocycles. The highest BCUT2D eigenvalue weighted by atomic mass is 79.9. The van der Waals surface area contributed by atoms with Crippen LogP contribution in [-0.4, -0.2) is 19.8 Å². The maximum Gasteiger partial charge on any atom is 0.0796 e. The molecule has 3 unspecified atom stereocenters. The monoisotopic (exact) mass is 361 g/mol. The molecule has 3 atom stereocenters. The van der Waals surface area contributed by atoms with E-state index in [0.29, 0.717) is 5.92 Å². The van der Waals surface area contributed by atoms with Gasteiger partial charge in [0, 0.05) is 15.6 Å². The number of nitrogens with one attached hydrogen (secondary N) is 1. The topological polar surface area (TPSA) is 21.3 Å². The van der Waals surface area contributed by atoms with Gasteiger partial charge in [0.1, 0.15) is 0 Å². The fraction of sp³-hybridized carbons (Fsp3) is 0.538. The molecule has 0 spiro atoms. The quantitative estimate of drug-likeness (QED) is 0.880. The number of ether oxygens (including phenoxy) is 1. The number of hydrogen-bond acceptors (Lipinski definition) is 2. The minimum atomic E-state index is 0.236.